The number of likely N-dealkylation sites (tertiary alicyclic amines) is 2. The number of nitrogens with zero attached hydrogens (tertiary/aromatic N) is 2. The van der Waals surface area contributed by atoms with Crippen LogP contribution in [-0.4, -0.2) is 53.2 Å². The van der Waals surface area contributed by atoms with Crippen LogP contribution in [0.4, 0.5) is 4.79 Å². The van der Waals surface area contributed by atoms with E-state index in [0.29, 0.717) is 6.54 Å². The van der Waals surface area contributed by atoms with Gasteiger partial charge >= 0.3 is 6.03 Å². The summed E-state index contributed by atoms with van der Waals surface area (Å²) in [4.78, 5) is 15.8. The molecule has 1 atom stereocenters. The van der Waals surface area contributed by atoms with Crippen LogP contribution >= 0.6 is 0 Å². The molecule has 2 heterocycles. The molecule has 15 heavy (non-hydrogen) atoms. The van der Waals surface area contributed by atoms with E-state index in [1.54, 1.807) is 4.90 Å². The number of urea groups is 1. The molecule has 0 spiro atoms. The Kier molecular flexibility index (Phi) is 3.46. The van der Waals surface area contributed by atoms with E-state index in [-0.39, 0.29) is 12.1 Å². The van der Waals surface area contributed by atoms with E-state index in [0.717, 1.165) is 45.3 Å². The molecule has 2 aliphatic rings. The third kappa shape index (κ3) is 2.62. The van der Waals surface area contributed by atoms with Gasteiger partial charge < -0.3 is 14.9 Å². The average Bonchev–Trinajstić information content (AvgIpc) is 2.29. The Morgan fingerprint density at radius 3 is 2.33 bits per heavy atom. The molecule has 2 fully saturated rings. The van der Waals surface area contributed by atoms with Crippen molar-refractivity contribution in [3.05, 3.63) is 0 Å². The number of aliphatic hydroxyl groups is 1. The molecule has 1 unspecified atom stereocenters. The van der Waals surface area contributed by atoms with E-state index < -0.39 is 0 Å². The van der Waals surface area contributed by atoms with Gasteiger partial charge in [0, 0.05) is 26.2 Å². The Labute approximate surface area is 90.9 Å². The second-order valence-electron chi connectivity index (χ2n) is 4.57. The zero-order valence-electron chi connectivity index (χ0n) is 9.19. The van der Waals surface area contributed by atoms with Gasteiger partial charge in [-0.25, -0.2) is 4.79 Å². The summed E-state index contributed by atoms with van der Waals surface area (Å²) in [5.74, 6) is 0. The normalized spacial score (nSPS) is 27.9. The highest BCUT2D eigenvalue weighted by atomic mass is 16.3. The Morgan fingerprint density at radius 1 is 1.00 bits per heavy atom. The third-order valence-corrected chi connectivity index (χ3v) is 3.29. The number of rotatable bonds is 0. The molecule has 0 radical (unpaired) electrons. The Hall–Kier alpha value is -0.770. The van der Waals surface area contributed by atoms with E-state index in [1.807, 2.05) is 4.90 Å². The molecular weight excluding hydrogens is 192 g/mol. The van der Waals surface area contributed by atoms with Crippen molar-refractivity contribution in [2.45, 2.75) is 38.2 Å². The van der Waals surface area contributed by atoms with Crippen molar-refractivity contribution >= 4 is 6.03 Å². The molecule has 4 heteroatoms. The van der Waals surface area contributed by atoms with Crippen LogP contribution in [0.5, 0.6) is 0 Å². The quantitative estimate of drug-likeness (QED) is 0.652. The molecule has 0 aliphatic carbocycles. The van der Waals surface area contributed by atoms with Crippen molar-refractivity contribution in [1.29, 1.82) is 0 Å². The topological polar surface area (TPSA) is 43.8 Å². The largest absolute Gasteiger partial charge is 0.391 e. The highest BCUT2D eigenvalue weighted by Crippen LogP contribution is 2.15. The molecule has 2 amide bonds. The van der Waals surface area contributed by atoms with Crippen LogP contribution < -0.4 is 0 Å². The highest BCUT2D eigenvalue weighted by Gasteiger charge is 2.26. The van der Waals surface area contributed by atoms with Crippen molar-refractivity contribution in [3.8, 4) is 0 Å². The maximum atomic E-state index is 12.0. The number of hydrogen-bond acceptors (Lipinski definition) is 2. The fourth-order valence-electron chi connectivity index (χ4n) is 2.41. The highest BCUT2D eigenvalue weighted by molar-refractivity contribution is 5.74. The lowest BCUT2D eigenvalue weighted by molar-refractivity contribution is 0.0685. The monoisotopic (exact) mass is 212 g/mol. The minimum absolute atomic E-state index is 0.133. The van der Waals surface area contributed by atoms with Crippen molar-refractivity contribution in [2.75, 3.05) is 26.2 Å². The van der Waals surface area contributed by atoms with Crippen LogP contribution in [0.15, 0.2) is 0 Å². The van der Waals surface area contributed by atoms with E-state index in [1.165, 1.54) is 6.42 Å². The van der Waals surface area contributed by atoms with E-state index in [4.69, 9.17) is 0 Å². The van der Waals surface area contributed by atoms with Crippen LogP contribution in [0.1, 0.15) is 32.1 Å². The van der Waals surface area contributed by atoms with Gasteiger partial charge in [0.2, 0.25) is 0 Å². The molecule has 86 valence electrons. The first-order valence-corrected chi connectivity index (χ1v) is 5.99. The van der Waals surface area contributed by atoms with E-state index >= 15 is 0 Å². The number of piperidine rings is 2. The SMILES string of the molecule is O=C(N1CCCCC1)N1CCCC(O)C1. The number of amides is 2. The molecule has 0 aromatic rings. The molecule has 0 aromatic heterocycles. The van der Waals surface area contributed by atoms with Crippen molar-refractivity contribution in [1.82, 2.24) is 9.80 Å². The van der Waals surface area contributed by atoms with Gasteiger partial charge in [-0.15, -0.1) is 0 Å². The lowest BCUT2D eigenvalue weighted by Gasteiger charge is -2.36. The molecule has 4 nitrogen and oxygen atoms in total. The lowest BCUT2D eigenvalue weighted by Crippen LogP contribution is -2.50. The number of aliphatic hydroxyl groups excluding tert-OH is 1. The van der Waals surface area contributed by atoms with Gasteiger partial charge in [0.15, 0.2) is 0 Å². The summed E-state index contributed by atoms with van der Waals surface area (Å²) in [5.41, 5.74) is 0. The summed E-state index contributed by atoms with van der Waals surface area (Å²) in [6.45, 7) is 3.12. The van der Waals surface area contributed by atoms with Crippen LogP contribution in [0, 0.1) is 0 Å². The van der Waals surface area contributed by atoms with Gasteiger partial charge in [-0.05, 0) is 32.1 Å². The first-order valence-electron chi connectivity index (χ1n) is 5.99. The fraction of sp³-hybridized carbons (Fsp3) is 0.909. The molecular formula is C11H20N2O2. The Morgan fingerprint density at radius 2 is 1.67 bits per heavy atom. The smallest absolute Gasteiger partial charge is 0.320 e. The first kappa shape index (κ1) is 10.7. The first-order chi connectivity index (χ1) is 7.27. The maximum Gasteiger partial charge on any atom is 0.320 e. The summed E-state index contributed by atoms with van der Waals surface area (Å²) in [7, 11) is 0. The fourth-order valence-corrected chi connectivity index (χ4v) is 2.41. The number of carbonyl (C=O) groups excluding carboxylic acids is 1. The van der Waals surface area contributed by atoms with Crippen molar-refractivity contribution < 1.29 is 9.90 Å². The number of β-amino-alcohol motifs (C(OH)–C–C–N with tert-alkyl or cyclic N) is 1. The predicted molar refractivity (Wildman–Crippen MR) is 57.6 cm³/mol. The molecule has 0 aromatic carbocycles. The van der Waals surface area contributed by atoms with Crippen molar-refractivity contribution in [2.24, 2.45) is 0 Å². The minimum atomic E-state index is -0.313. The molecule has 2 aliphatic heterocycles. The molecule has 0 saturated carbocycles. The van der Waals surface area contributed by atoms with Crippen molar-refractivity contribution in [3.63, 3.8) is 0 Å². The zero-order valence-corrected chi connectivity index (χ0v) is 9.19. The molecule has 1 N–H and O–H groups in total. The average molecular weight is 212 g/mol. The molecule has 2 saturated heterocycles. The van der Waals surface area contributed by atoms with E-state index in [2.05, 4.69) is 0 Å². The predicted octanol–water partition coefficient (Wildman–Crippen LogP) is 1.05. The molecule has 0 bridgehead atoms. The molecule has 2 rings (SSSR count). The van der Waals surface area contributed by atoms with Gasteiger partial charge in [-0.2, -0.15) is 0 Å². The summed E-state index contributed by atoms with van der Waals surface area (Å²) >= 11 is 0. The standard InChI is InChI=1S/C11H20N2O2/c14-10-5-4-8-13(9-10)11(15)12-6-2-1-3-7-12/h10,14H,1-9H2. The van der Waals surface area contributed by atoms with Crippen LogP contribution in [0.2, 0.25) is 0 Å². The van der Waals surface area contributed by atoms with Gasteiger partial charge in [0.05, 0.1) is 6.10 Å². The van der Waals surface area contributed by atoms with Crippen LogP contribution in [0.3, 0.4) is 0 Å². The minimum Gasteiger partial charge on any atom is -0.391 e. The third-order valence-electron chi connectivity index (χ3n) is 3.29. The summed E-state index contributed by atoms with van der Waals surface area (Å²) < 4.78 is 0. The summed E-state index contributed by atoms with van der Waals surface area (Å²) in [5, 5.41) is 9.51. The lowest BCUT2D eigenvalue weighted by atomic mass is 10.1. The Balaban J connectivity index is 1.88. The summed E-state index contributed by atoms with van der Waals surface area (Å²) in [6, 6.07) is 0.133. The summed E-state index contributed by atoms with van der Waals surface area (Å²) in [6.07, 6.45) is 4.95. The van der Waals surface area contributed by atoms with Gasteiger partial charge in [0.25, 0.3) is 0 Å². The van der Waals surface area contributed by atoms with Gasteiger partial charge in [0.1, 0.15) is 0 Å². The van der Waals surface area contributed by atoms with Crippen LogP contribution in [-0.2, 0) is 0 Å². The Bertz CT molecular complexity index is 227. The van der Waals surface area contributed by atoms with Crippen LogP contribution in [0.25, 0.3) is 0 Å². The second kappa shape index (κ2) is 4.84. The second-order valence-corrected chi connectivity index (χ2v) is 4.57. The van der Waals surface area contributed by atoms with E-state index in [9.17, 15) is 9.90 Å². The maximum absolute atomic E-state index is 12.0. The number of carbonyl (C=O) groups is 1. The zero-order chi connectivity index (χ0) is 10.7. The van der Waals surface area contributed by atoms with Gasteiger partial charge in [-0.1, -0.05) is 0 Å². The van der Waals surface area contributed by atoms with Gasteiger partial charge in [-0.3, -0.25) is 0 Å². The number of hydrogen-bond donors (Lipinski definition) is 1.